The molecule has 6 nitrogen and oxygen atoms in total. The molecule has 7 heteroatoms. The lowest BCUT2D eigenvalue weighted by molar-refractivity contribution is -0.385. The first-order valence-electron chi connectivity index (χ1n) is 5.66. The van der Waals surface area contributed by atoms with Crippen molar-refractivity contribution in [3.63, 3.8) is 0 Å². The summed E-state index contributed by atoms with van der Waals surface area (Å²) in [6.07, 6.45) is 0. The molecule has 0 aliphatic carbocycles. The third kappa shape index (κ3) is 2.28. The van der Waals surface area contributed by atoms with Crippen LogP contribution in [-0.4, -0.2) is 34.3 Å². The van der Waals surface area contributed by atoms with Gasteiger partial charge in [-0.2, -0.15) is 0 Å². The summed E-state index contributed by atoms with van der Waals surface area (Å²) in [5.41, 5.74) is -0.580. The topological polar surface area (TPSA) is 75.5 Å². The molecule has 100 valence electrons. The van der Waals surface area contributed by atoms with Crippen molar-refractivity contribution in [1.82, 2.24) is 10.2 Å². The molecule has 1 aliphatic rings. The normalized spacial score (nSPS) is 23.2. The van der Waals surface area contributed by atoms with Crippen LogP contribution in [-0.2, 0) is 10.3 Å². The highest BCUT2D eigenvalue weighted by atomic mass is 32.1. The first-order chi connectivity index (χ1) is 8.84. The molecule has 19 heavy (non-hydrogen) atoms. The molecule has 1 N–H and O–H groups in total. The number of nitrogens with zero attached hydrogens (tertiary/aromatic N) is 2. The molecule has 1 aliphatic heterocycles. The number of carbonyl (C=O) groups is 1. The second-order valence-corrected chi connectivity index (χ2v) is 5.13. The number of likely N-dealkylation sites (N-methyl/N-ethyl adjacent to an activating group) is 1. The number of hydrogen-bond acceptors (Lipinski definition) is 4. The van der Waals surface area contributed by atoms with Crippen LogP contribution in [0.2, 0.25) is 0 Å². The summed E-state index contributed by atoms with van der Waals surface area (Å²) in [5.74, 6) is -0.165. The third-order valence-electron chi connectivity index (χ3n) is 3.18. The van der Waals surface area contributed by atoms with E-state index in [0.29, 0.717) is 17.1 Å². The third-order valence-corrected chi connectivity index (χ3v) is 3.41. The molecule has 1 amide bonds. The fraction of sp³-hybridized carbons (Fsp3) is 0.333. The second-order valence-electron chi connectivity index (χ2n) is 4.64. The van der Waals surface area contributed by atoms with Gasteiger partial charge in [-0.25, -0.2) is 0 Å². The minimum absolute atomic E-state index is 0.0486. The molecule has 0 aromatic heterocycles. The first kappa shape index (κ1) is 13.4. The lowest BCUT2D eigenvalue weighted by Gasteiger charge is -2.39. The molecule has 1 heterocycles. The number of non-ortho nitro benzene ring substituents is 1. The molecule has 0 saturated carbocycles. The molecular weight excluding hydrogens is 266 g/mol. The maximum atomic E-state index is 12.3. The molecule has 1 fully saturated rings. The molecule has 0 spiro atoms. The number of amides is 1. The van der Waals surface area contributed by atoms with Crippen LogP contribution in [0.4, 0.5) is 5.69 Å². The van der Waals surface area contributed by atoms with Crippen molar-refractivity contribution in [2.75, 3.05) is 13.6 Å². The highest BCUT2D eigenvalue weighted by Crippen LogP contribution is 2.28. The Kier molecular flexibility index (Phi) is 3.23. The van der Waals surface area contributed by atoms with Crippen molar-refractivity contribution >= 4 is 28.8 Å². The standard InChI is InChI=1S/C12H13N3O3S/c1-12(11(16)14(2)7-10(19)13-12)8-4-3-5-9(6-8)15(17)18/h3-6H,7H2,1-2H3,(H,13,19). The van der Waals surface area contributed by atoms with Gasteiger partial charge in [0.15, 0.2) is 0 Å². The van der Waals surface area contributed by atoms with Gasteiger partial charge in [-0.15, -0.1) is 0 Å². The largest absolute Gasteiger partial charge is 0.361 e. The Balaban J connectivity index is 2.48. The van der Waals surface area contributed by atoms with Crippen LogP contribution in [0, 0.1) is 10.1 Å². The molecular formula is C12H13N3O3S. The van der Waals surface area contributed by atoms with Crippen LogP contribution < -0.4 is 5.32 Å². The average Bonchev–Trinajstić information content (AvgIpc) is 2.36. The first-order valence-corrected chi connectivity index (χ1v) is 6.07. The lowest BCUT2D eigenvalue weighted by atomic mass is 9.88. The smallest absolute Gasteiger partial charge is 0.269 e. The SMILES string of the molecule is CN1CC(=S)NC(C)(c2cccc([N+](=O)[O-])c2)C1=O. The molecule has 1 unspecified atom stereocenters. The zero-order chi connectivity index (χ0) is 14.2. The molecule has 0 bridgehead atoms. The van der Waals surface area contributed by atoms with E-state index in [9.17, 15) is 14.9 Å². The Bertz CT molecular complexity index is 575. The molecule has 1 atom stereocenters. The van der Waals surface area contributed by atoms with Crippen LogP contribution in [0.5, 0.6) is 0 Å². The maximum Gasteiger partial charge on any atom is 0.269 e. The van der Waals surface area contributed by atoms with E-state index in [1.807, 2.05) is 0 Å². The summed E-state index contributed by atoms with van der Waals surface area (Å²) in [4.78, 5) is 24.7. The van der Waals surface area contributed by atoms with E-state index in [1.165, 1.54) is 17.0 Å². The highest BCUT2D eigenvalue weighted by Gasteiger charge is 2.42. The van der Waals surface area contributed by atoms with Crippen molar-refractivity contribution in [3.8, 4) is 0 Å². The van der Waals surface area contributed by atoms with Gasteiger partial charge < -0.3 is 10.2 Å². The van der Waals surface area contributed by atoms with Gasteiger partial charge in [-0.05, 0) is 12.5 Å². The van der Waals surface area contributed by atoms with Crippen molar-refractivity contribution in [1.29, 1.82) is 0 Å². The molecule has 1 saturated heterocycles. The summed E-state index contributed by atoms with van der Waals surface area (Å²) in [6.45, 7) is 2.04. The van der Waals surface area contributed by atoms with Gasteiger partial charge in [0.05, 0.1) is 16.5 Å². The van der Waals surface area contributed by atoms with Gasteiger partial charge in [-0.1, -0.05) is 24.4 Å². The fourth-order valence-electron chi connectivity index (χ4n) is 2.17. The van der Waals surface area contributed by atoms with Crippen LogP contribution >= 0.6 is 12.2 Å². The molecule has 2 rings (SSSR count). The zero-order valence-electron chi connectivity index (χ0n) is 10.5. The predicted molar refractivity (Wildman–Crippen MR) is 73.8 cm³/mol. The number of piperazine rings is 1. The number of benzene rings is 1. The Morgan fingerprint density at radius 1 is 1.53 bits per heavy atom. The lowest BCUT2D eigenvalue weighted by Crippen LogP contribution is -2.61. The number of rotatable bonds is 2. The number of hydrogen-bond donors (Lipinski definition) is 1. The maximum absolute atomic E-state index is 12.3. The number of nitro groups is 1. The van der Waals surface area contributed by atoms with Crippen molar-refractivity contribution < 1.29 is 9.72 Å². The van der Waals surface area contributed by atoms with Crippen molar-refractivity contribution in [3.05, 3.63) is 39.9 Å². The summed E-state index contributed by atoms with van der Waals surface area (Å²) in [6, 6.07) is 6.03. The monoisotopic (exact) mass is 279 g/mol. The Morgan fingerprint density at radius 2 is 2.21 bits per heavy atom. The van der Waals surface area contributed by atoms with E-state index in [1.54, 1.807) is 26.1 Å². The van der Waals surface area contributed by atoms with Gasteiger partial charge >= 0.3 is 0 Å². The van der Waals surface area contributed by atoms with E-state index in [0.717, 1.165) is 0 Å². The van der Waals surface area contributed by atoms with Crippen LogP contribution in [0.15, 0.2) is 24.3 Å². The number of nitro benzene ring substituents is 1. The molecule has 1 aromatic carbocycles. The zero-order valence-corrected chi connectivity index (χ0v) is 11.4. The van der Waals surface area contributed by atoms with Crippen LogP contribution in [0.3, 0.4) is 0 Å². The summed E-state index contributed by atoms with van der Waals surface area (Å²) < 4.78 is 0. The van der Waals surface area contributed by atoms with E-state index < -0.39 is 10.5 Å². The quantitative estimate of drug-likeness (QED) is 0.500. The minimum Gasteiger partial charge on any atom is -0.361 e. The predicted octanol–water partition coefficient (Wildman–Crippen LogP) is 1.20. The Labute approximate surface area is 115 Å². The van der Waals surface area contributed by atoms with Gasteiger partial charge in [0.1, 0.15) is 5.54 Å². The van der Waals surface area contributed by atoms with Crippen molar-refractivity contribution in [2.24, 2.45) is 0 Å². The Morgan fingerprint density at radius 3 is 2.84 bits per heavy atom. The highest BCUT2D eigenvalue weighted by molar-refractivity contribution is 7.80. The number of carbonyl (C=O) groups excluding carboxylic acids is 1. The summed E-state index contributed by atoms with van der Waals surface area (Å²) >= 11 is 5.13. The average molecular weight is 279 g/mol. The second kappa shape index (κ2) is 4.58. The van der Waals surface area contributed by atoms with E-state index in [4.69, 9.17) is 12.2 Å². The number of nitrogens with one attached hydrogen (secondary N) is 1. The van der Waals surface area contributed by atoms with Gasteiger partial charge in [-0.3, -0.25) is 14.9 Å². The van der Waals surface area contributed by atoms with E-state index in [2.05, 4.69) is 5.32 Å². The van der Waals surface area contributed by atoms with Crippen molar-refractivity contribution in [2.45, 2.75) is 12.5 Å². The van der Waals surface area contributed by atoms with Gasteiger partial charge in [0.2, 0.25) is 0 Å². The molecule has 1 aromatic rings. The number of thiocarbonyl (C=S) groups is 1. The molecule has 0 radical (unpaired) electrons. The fourth-order valence-corrected chi connectivity index (χ4v) is 2.56. The van der Waals surface area contributed by atoms with Gasteiger partial charge in [0, 0.05) is 19.2 Å². The van der Waals surface area contributed by atoms with Gasteiger partial charge in [0.25, 0.3) is 11.6 Å². The van der Waals surface area contributed by atoms with Crippen LogP contribution in [0.1, 0.15) is 12.5 Å². The van der Waals surface area contributed by atoms with E-state index >= 15 is 0 Å². The summed E-state index contributed by atoms with van der Waals surface area (Å²) in [5, 5.41) is 13.8. The Hall–Kier alpha value is -2.02. The summed E-state index contributed by atoms with van der Waals surface area (Å²) in [7, 11) is 1.66. The van der Waals surface area contributed by atoms with Crippen LogP contribution in [0.25, 0.3) is 0 Å². The minimum atomic E-state index is -1.06. The van der Waals surface area contributed by atoms with E-state index in [-0.39, 0.29) is 11.6 Å².